The van der Waals surface area contributed by atoms with Crippen LogP contribution in [0.4, 0.5) is 4.39 Å². The molecule has 7 unspecified atom stereocenters. The van der Waals surface area contributed by atoms with E-state index in [9.17, 15) is 18.8 Å². The molecule has 1 aromatic heterocycles. The number of fused-ring (bicyclic) bond motifs is 2. The molecule has 8 heteroatoms. The van der Waals surface area contributed by atoms with Crippen LogP contribution in [-0.2, 0) is 19.1 Å². The minimum Gasteiger partial charge on any atom is -0.381 e. The molecular formula is C28H38FN3O4. The van der Waals surface area contributed by atoms with Gasteiger partial charge in [0.2, 0.25) is 5.91 Å². The van der Waals surface area contributed by atoms with E-state index in [1.54, 1.807) is 27.1 Å². The highest BCUT2D eigenvalue weighted by molar-refractivity contribution is 5.87. The van der Waals surface area contributed by atoms with E-state index in [-0.39, 0.29) is 59.2 Å². The van der Waals surface area contributed by atoms with E-state index in [0.717, 1.165) is 17.4 Å². The first-order chi connectivity index (χ1) is 17.2. The molecule has 1 saturated heterocycles. The summed E-state index contributed by atoms with van der Waals surface area (Å²) < 4.78 is 19.4. The monoisotopic (exact) mass is 499 g/mol. The van der Waals surface area contributed by atoms with Gasteiger partial charge in [-0.25, -0.2) is 4.39 Å². The minimum absolute atomic E-state index is 0.0122. The van der Waals surface area contributed by atoms with Crippen LogP contribution in [0.15, 0.2) is 24.4 Å². The second-order valence-electron chi connectivity index (χ2n) is 10.5. The molecule has 2 fully saturated rings. The minimum atomic E-state index is -0.448. The Bertz CT molecular complexity index is 1130. The first-order valence-corrected chi connectivity index (χ1v) is 13.0. The third-order valence-electron chi connectivity index (χ3n) is 8.69. The normalized spacial score (nSPS) is 26.1. The molecule has 4 rings (SSSR count). The van der Waals surface area contributed by atoms with Gasteiger partial charge in [0.15, 0.2) is 0 Å². The molecule has 1 aliphatic carbocycles. The van der Waals surface area contributed by atoms with Crippen LogP contribution in [0.25, 0.3) is 10.9 Å². The molecule has 2 aromatic rings. The van der Waals surface area contributed by atoms with Crippen molar-refractivity contribution in [2.24, 2.45) is 17.8 Å². The number of aromatic amines is 1. The Kier molecular flexibility index (Phi) is 7.95. The largest absolute Gasteiger partial charge is 0.381 e. The maximum atomic E-state index is 14.0. The molecule has 196 valence electrons. The van der Waals surface area contributed by atoms with Gasteiger partial charge in [0, 0.05) is 55.1 Å². The molecule has 7 atom stereocenters. The van der Waals surface area contributed by atoms with E-state index in [2.05, 4.69) is 10.3 Å². The molecule has 0 spiro atoms. The Morgan fingerprint density at radius 3 is 2.69 bits per heavy atom. The maximum Gasteiger partial charge on any atom is 0.228 e. The average Bonchev–Trinajstić information content (AvgIpc) is 3.56. The molecule has 7 nitrogen and oxygen atoms in total. The number of rotatable bonds is 10. The van der Waals surface area contributed by atoms with E-state index in [1.165, 1.54) is 12.1 Å². The third-order valence-corrected chi connectivity index (χ3v) is 8.69. The number of ketones is 2. The van der Waals surface area contributed by atoms with Crippen molar-refractivity contribution >= 4 is 28.4 Å². The second kappa shape index (κ2) is 10.8. The lowest BCUT2D eigenvalue weighted by molar-refractivity contribution is -0.142. The third kappa shape index (κ3) is 4.85. The molecule has 1 saturated carbocycles. The van der Waals surface area contributed by atoms with E-state index in [1.807, 2.05) is 24.9 Å². The zero-order valence-electron chi connectivity index (χ0n) is 21.8. The van der Waals surface area contributed by atoms with Crippen molar-refractivity contribution in [1.29, 1.82) is 0 Å². The second-order valence-corrected chi connectivity index (χ2v) is 10.5. The maximum absolute atomic E-state index is 14.0. The molecule has 1 aliphatic heterocycles. The van der Waals surface area contributed by atoms with Crippen molar-refractivity contribution in [2.75, 3.05) is 20.7 Å². The number of methoxy groups -OCH3 is 1. The Balaban J connectivity index is 1.64. The number of halogens is 1. The number of H-pyrrole nitrogens is 1. The Hall–Kier alpha value is -2.58. The molecule has 1 amide bonds. The number of likely N-dealkylation sites (tertiary alicyclic amines) is 1. The van der Waals surface area contributed by atoms with Gasteiger partial charge >= 0.3 is 0 Å². The summed E-state index contributed by atoms with van der Waals surface area (Å²) >= 11 is 0. The summed E-state index contributed by atoms with van der Waals surface area (Å²) in [6.07, 6.45) is 3.72. The number of carbonyl (C=O) groups excluding carboxylic acids is 3. The summed E-state index contributed by atoms with van der Waals surface area (Å²) in [6, 6.07) is 4.32. The van der Waals surface area contributed by atoms with Crippen molar-refractivity contribution in [3.05, 3.63) is 35.8 Å². The van der Waals surface area contributed by atoms with Gasteiger partial charge in [0.1, 0.15) is 17.4 Å². The molecule has 1 aromatic carbocycles. The number of carbonyl (C=O) groups is 3. The Labute approximate surface area is 212 Å². The highest BCUT2D eigenvalue weighted by Crippen LogP contribution is 2.52. The van der Waals surface area contributed by atoms with Gasteiger partial charge in [-0.15, -0.1) is 0 Å². The SMILES string of the molecule is CNC(C)C(=O)CCC(C(=O)N1CCC2C(C(C)=O)CC(c3c[nH]c4cc(F)ccc34)C21)C(C)OC. The fourth-order valence-corrected chi connectivity index (χ4v) is 6.46. The van der Waals surface area contributed by atoms with Crippen molar-refractivity contribution in [3.63, 3.8) is 0 Å². The molecule has 2 N–H and O–H groups in total. The Morgan fingerprint density at radius 2 is 2.03 bits per heavy atom. The van der Waals surface area contributed by atoms with Crippen LogP contribution in [0.3, 0.4) is 0 Å². The molecule has 2 heterocycles. The summed E-state index contributed by atoms with van der Waals surface area (Å²) in [5.41, 5.74) is 1.74. The van der Waals surface area contributed by atoms with Crippen LogP contribution in [-0.4, -0.2) is 66.2 Å². The van der Waals surface area contributed by atoms with Gasteiger partial charge in [0.25, 0.3) is 0 Å². The number of nitrogens with one attached hydrogen (secondary N) is 2. The quantitative estimate of drug-likeness (QED) is 0.519. The highest BCUT2D eigenvalue weighted by Gasteiger charge is 2.54. The van der Waals surface area contributed by atoms with E-state index < -0.39 is 5.92 Å². The predicted molar refractivity (Wildman–Crippen MR) is 136 cm³/mol. The van der Waals surface area contributed by atoms with Crippen molar-refractivity contribution in [2.45, 2.75) is 70.6 Å². The first-order valence-electron chi connectivity index (χ1n) is 13.0. The van der Waals surface area contributed by atoms with Crippen molar-refractivity contribution in [1.82, 2.24) is 15.2 Å². The van der Waals surface area contributed by atoms with Crippen molar-refractivity contribution in [3.8, 4) is 0 Å². The summed E-state index contributed by atoms with van der Waals surface area (Å²) in [5.74, 6) is -0.596. The van der Waals surface area contributed by atoms with Gasteiger partial charge < -0.3 is 19.9 Å². The number of aromatic nitrogens is 1. The van der Waals surface area contributed by atoms with Gasteiger partial charge in [-0.2, -0.15) is 0 Å². The first kappa shape index (κ1) is 26.5. The summed E-state index contributed by atoms with van der Waals surface area (Å²) in [5, 5.41) is 3.89. The molecule has 0 radical (unpaired) electrons. The zero-order valence-corrected chi connectivity index (χ0v) is 21.8. The number of ether oxygens (including phenoxy) is 1. The predicted octanol–water partition coefficient (Wildman–Crippen LogP) is 3.82. The number of nitrogens with zero attached hydrogens (tertiary/aromatic N) is 1. The number of hydrogen-bond donors (Lipinski definition) is 2. The zero-order chi connectivity index (χ0) is 26.1. The van der Waals surface area contributed by atoms with Crippen LogP contribution >= 0.6 is 0 Å². The molecule has 36 heavy (non-hydrogen) atoms. The number of Topliss-reactive ketones (excluding diaryl/α,β-unsaturated/α-hetero) is 2. The van der Waals surface area contributed by atoms with Gasteiger partial charge in [-0.1, -0.05) is 0 Å². The van der Waals surface area contributed by atoms with Crippen LogP contribution in [0.2, 0.25) is 0 Å². The topological polar surface area (TPSA) is 91.5 Å². The fraction of sp³-hybridized carbons (Fsp3) is 0.607. The van der Waals surface area contributed by atoms with Crippen LogP contribution in [0.5, 0.6) is 0 Å². The van der Waals surface area contributed by atoms with E-state index >= 15 is 0 Å². The number of likely N-dealkylation sites (N-methyl/N-ethyl adjacent to an activating group) is 1. The smallest absolute Gasteiger partial charge is 0.228 e. The number of amides is 1. The van der Waals surface area contributed by atoms with Gasteiger partial charge in [0.05, 0.1) is 18.1 Å². The van der Waals surface area contributed by atoms with E-state index in [4.69, 9.17) is 4.74 Å². The lowest BCUT2D eigenvalue weighted by atomic mass is 9.88. The lowest BCUT2D eigenvalue weighted by Gasteiger charge is -2.34. The lowest BCUT2D eigenvalue weighted by Crippen LogP contribution is -2.46. The van der Waals surface area contributed by atoms with E-state index in [0.29, 0.717) is 31.3 Å². The van der Waals surface area contributed by atoms with Crippen LogP contribution in [0, 0.1) is 23.6 Å². The summed E-state index contributed by atoms with van der Waals surface area (Å²) in [4.78, 5) is 44.3. The van der Waals surface area contributed by atoms with Gasteiger partial charge in [-0.05, 0) is 76.8 Å². The molecule has 2 aliphatic rings. The molecule has 0 bridgehead atoms. The number of hydrogen-bond acceptors (Lipinski definition) is 5. The summed E-state index contributed by atoms with van der Waals surface area (Å²) in [7, 11) is 3.34. The summed E-state index contributed by atoms with van der Waals surface area (Å²) in [6.45, 7) is 5.92. The van der Waals surface area contributed by atoms with Crippen LogP contribution in [0.1, 0.15) is 57.9 Å². The van der Waals surface area contributed by atoms with Gasteiger partial charge in [-0.3, -0.25) is 14.4 Å². The highest BCUT2D eigenvalue weighted by atomic mass is 19.1. The van der Waals surface area contributed by atoms with Crippen LogP contribution < -0.4 is 5.32 Å². The average molecular weight is 500 g/mol. The number of benzene rings is 1. The molecular weight excluding hydrogens is 461 g/mol. The fourth-order valence-electron chi connectivity index (χ4n) is 6.46. The van der Waals surface area contributed by atoms with Crippen molar-refractivity contribution < 1.29 is 23.5 Å². The Morgan fingerprint density at radius 1 is 1.28 bits per heavy atom. The standard InChI is InChI=1S/C28H38FN3O4/c1-15(30-4)26(34)9-8-19(17(3)36-5)28(35)32-11-10-21-22(16(2)33)13-23(27(21)32)24-14-31-25-12-18(29)6-7-20(24)25/h6-7,12,14-15,17,19,21-23,27,30-31H,8-11,13H2,1-5H3.